The van der Waals surface area contributed by atoms with Gasteiger partial charge >= 0.3 is 29.6 Å². The first-order valence-electron chi connectivity index (χ1n) is 8.81. The van der Waals surface area contributed by atoms with Crippen molar-refractivity contribution in [1.82, 2.24) is 24.2 Å². The second-order valence-electron chi connectivity index (χ2n) is 6.62. The van der Waals surface area contributed by atoms with E-state index in [1.54, 1.807) is 0 Å². The van der Waals surface area contributed by atoms with E-state index in [1.165, 1.54) is 0 Å². The SMILES string of the molecule is Nc1nc2c(=O)[nH]cnc2n1[C@@H]1O[C@H](COP(=O)([O-])N2CCOCC2)[C@@H](O)[C@H]1O.[Na+]. The fraction of sp³-hybridized carbons (Fsp3) is 0.643. The van der Waals surface area contributed by atoms with Crippen molar-refractivity contribution in [3.8, 4) is 0 Å². The molecule has 30 heavy (non-hydrogen) atoms. The van der Waals surface area contributed by atoms with Gasteiger partial charge in [-0.15, -0.1) is 0 Å². The topological polar surface area (TPSA) is 201 Å². The van der Waals surface area contributed by atoms with Crippen molar-refractivity contribution >= 4 is 24.9 Å². The average molecular weight is 454 g/mol. The van der Waals surface area contributed by atoms with Crippen LogP contribution in [-0.2, 0) is 18.6 Å². The van der Waals surface area contributed by atoms with Gasteiger partial charge in [-0.3, -0.25) is 13.9 Å². The molecular formula is C14H20N6NaO8P. The molecule has 0 bridgehead atoms. The standard InChI is InChI=1S/C14H21N6O8P.Na/c15-14-18-8-11(16-6-17-12(8)23)20(14)13-10(22)9(21)7(28-13)5-27-29(24,25)19-1-3-26-4-2-19;/h6-7,9-10,13,21-22H,1-5H2,(H2,15,18)(H,24,25)(H,16,17,23);/q;+1/p-1/t7-,9-,10-,13-;/m1./s1. The molecule has 4 heterocycles. The summed E-state index contributed by atoms with van der Waals surface area (Å²) in [7, 11) is -4.37. The van der Waals surface area contributed by atoms with Crippen LogP contribution in [0, 0.1) is 0 Å². The minimum atomic E-state index is -4.37. The zero-order valence-corrected chi connectivity index (χ0v) is 19.0. The number of aromatic nitrogens is 4. The number of aliphatic hydroxyl groups is 2. The van der Waals surface area contributed by atoms with E-state index in [0.717, 1.165) is 15.6 Å². The normalized spacial score (nSPS) is 29.6. The third-order valence-electron chi connectivity index (χ3n) is 4.84. The van der Waals surface area contributed by atoms with Gasteiger partial charge in [0.2, 0.25) is 13.7 Å². The van der Waals surface area contributed by atoms with Crippen LogP contribution in [-0.4, -0.2) is 85.6 Å². The molecule has 0 aliphatic carbocycles. The molecule has 1 unspecified atom stereocenters. The largest absolute Gasteiger partial charge is 1.00 e. The van der Waals surface area contributed by atoms with Crippen LogP contribution in [0.3, 0.4) is 0 Å². The summed E-state index contributed by atoms with van der Waals surface area (Å²) < 4.78 is 30.3. The molecule has 2 aromatic heterocycles. The van der Waals surface area contributed by atoms with Crippen molar-refractivity contribution < 1.29 is 63.2 Å². The molecule has 160 valence electrons. The van der Waals surface area contributed by atoms with Crippen LogP contribution >= 0.6 is 7.75 Å². The Balaban J connectivity index is 0.00000256. The molecule has 16 heteroatoms. The maximum atomic E-state index is 12.3. The molecule has 4 rings (SSSR count). The molecule has 0 saturated carbocycles. The molecule has 0 aromatic carbocycles. The van der Waals surface area contributed by atoms with Crippen LogP contribution in [0.5, 0.6) is 0 Å². The molecule has 0 amide bonds. The molecule has 2 aromatic rings. The maximum absolute atomic E-state index is 12.3. The number of rotatable bonds is 5. The van der Waals surface area contributed by atoms with Gasteiger partial charge in [-0.05, 0) is 0 Å². The van der Waals surface area contributed by atoms with E-state index in [9.17, 15) is 24.5 Å². The summed E-state index contributed by atoms with van der Waals surface area (Å²) in [4.78, 5) is 34.4. The predicted molar refractivity (Wildman–Crippen MR) is 94.4 cm³/mol. The number of hydrogen-bond donors (Lipinski definition) is 4. The third kappa shape index (κ3) is 4.36. The molecular weight excluding hydrogens is 434 g/mol. The molecule has 5 atom stereocenters. The zero-order valence-electron chi connectivity index (χ0n) is 16.1. The third-order valence-corrected chi connectivity index (χ3v) is 6.41. The maximum Gasteiger partial charge on any atom is 1.00 e. The number of nitrogens with two attached hydrogens (primary N) is 1. The molecule has 5 N–H and O–H groups in total. The summed E-state index contributed by atoms with van der Waals surface area (Å²) in [5.41, 5.74) is 5.29. The van der Waals surface area contributed by atoms with Crippen LogP contribution in [0.15, 0.2) is 11.1 Å². The van der Waals surface area contributed by atoms with E-state index in [4.69, 9.17) is 19.7 Å². The first-order valence-corrected chi connectivity index (χ1v) is 10.3. The van der Waals surface area contributed by atoms with Gasteiger partial charge in [0.25, 0.3) is 5.56 Å². The molecule has 2 aliphatic heterocycles. The number of morpholine rings is 1. The number of aliphatic hydroxyl groups excluding tert-OH is 2. The van der Waals surface area contributed by atoms with Crippen molar-refractivity contribution in [3.63, 3.8) is 0 Å². The van der Waals surface area contributed by atoms with Crippen molar-refractivity contribution in [2.45, 2.75) is 24.5 Å². The number of anilines is 1. The van der Waals surface area contributed by atoms with Crippen LogP contribution in [0.2, 0.25) is 0 Å². The first kappa shape index (κ1) is 23.8. The zero-order chi connectivity index (χ0) is 20.8. The number of nitrogen functional groups attached to an aromatic ring is 1. The van der Waals surface area contributed by atoms with E-state index in [0.29, 0.717) is 0 Å². The Bertz CT molecular complexity index is 996. The molecule has 0 radical (unpaired) electrons. The Morgan fingerprint density at radius 2 is 2.07 bits per heavy atom. The number of nitrogens with zero attached hydrogens (tertiary/aromatic N) is 4. The Hall–Kier alpha value is -0.900. The summed E-state index contributed by atoms with van der Waals surface area (Å²) in [6.07, 6.45) is -4.23. The van der Waals surface area contributed by atoms with Crippen LogP contribution in [0.1, 0.15) is 6.23 Å². The summed E-state index contributed by atoms with van der Waals surface area (Å²) >= 11 is 0. The summed E-state index contributed by atoms with van der Waals surface area (Å²) in [5.74, 6) is -0.162. The van der Waals surface area contributed by atoms with Gasteiger partial charge in [-0.2, -0.15) is 0 Å². The minimum absolute atomic E-state index is 0. The van der Waals surface area contributed by atoms with Crippen LogP contribution in [0.4, 0.5) is 5.95 Å². The van der Waals surface area contributed by atoms with Gasteiger partial charge in [0, 0.05) is 13.1 Å². The van der Waals surface area contributed by atoms with Gasteiger partial charge in [0.05, 0.1) is 26.1 Å². The molecule has 2 saturated heterocycles. The molecule has 0 spiro atoms. The summed E-state index contributed by atoms with van der Waals surface area (Å²) in [6, 6.07) is 0. The number of hydrogen-bond acceptors (Lipinski definition) is 11. The van der Waals surface area contributed by atoms with Gasteiger partial charge in [-0.25, -0.2) is 14.6 Å². The number of H-pyrrole nitrogens is 1. The van der Waals surface area contributed by atoms with E-state index in [-0.39, 0.29) is 73.0 Å². The van der Waals surface area contributed by atoms with Gasteiger partial charge in [0.1, 0.15) is 18.3 Å². The second kappa shape index (κ2) is 9.30. The van der Waals surface area contributed by atoms with Gasteiger partial charge in [0.15, 0.2) is 17.4 Å². The van der Waals surface area contributed by atoms with Gasteiger partial charge < -0.3 is 39.8 Å². The molecule has 2 fully saturated rings. The Kier molecular flexibility index (Phi) is 7.37. The van der Waals surface area contributed by atoms with E-state index in [1.807, 2.05) is 0 Å². The van der Waals surface area contributed by atoms with E-state index < -0.39 is 44.5 Å². The molecule has 2 aliphatic rings. The van der Waals surface area contributed by atoms with Crippen LogP contribution < -0.4 is 45.7 Å². The minimum Gasteiger partial charge on any atom is -0.766 e. The van der Waals surface area contributed by atoms with E-state index in [2.05, 4.69) is 15.0 Å². The number of aromatic amines is 1. The van der Waals surface area contributed by atoms with Crippen molar-refractivity contribution in [2.24, 2.45) is 0 Å². The summed E-state index contributed by atoms with van der Waals surface area (Å²) in [6.45, 7) is 0.333. The quantitative estimate of drug-likeness (QED) is 0.247. The number of imidazole rings is 1. The van der Waals surface area contributed by atoms with Crippen molar-refractivity contribution in [2.75, 3.05) is 38.6 Å². The smallest absolute Gasteiger partial charge is 0.766 e. The van der Waals surface area contributed by atoms with Crippen molar-refractivity contribution in [1.29, 1.82) is 0 Å². The Labute approximate surface area is 191 Å². The predicted octanol–water partition coefficient (Wildman–Crippen LogP) is -5.86. The monoisotopic (exact) mass is 454 g/mol. The number of nitrogens with one attached hydrogen (secondary N) is 1. The van der Waals surface area contributed by atoms with Crippen molar-refractivity contribution in [3.05, 3.63) is 16.7 Å². The fourth-order valence-corrected chi connectivity index (χ4v) is 4.47. The van der Waals surface area contributed by atoms with Crippen LogP contribution in [0.25, 0.3) is 11.2 Å². The second-order valence-corrected chi connectivity index (χ2v) is 8.38. The Morgan fingerprint density at radius 3 is 2.77 bits per heavy atom. The Morgan fingerprint density at radius 1 is 1.37 bits per heavy atom. The van der Waals surface area contributed by atoms with Gasteiger partial charge in [-0.1, -0.05) is 0 Å². The number of fused-ring (bicyclic) bond motifs is 1. The summed E-state index contributed by atoms with van der Waals surface area (Å²) in [5, 5.41) is 20.7. The first-order chi connectivity index (χ1) is 13.8. The number of ether oxygens (including phenoxy) is 2. The van der Waals surface area contributed by atoms with E-state index >= 15 is 0 Å². The molecule has 14 nitrogen and oxygen atoms in total. The fourth-order valence-electron chi connectivity index (χ4n) is 3.32. The average Bonchev–Trinajstić information content (AvgIpc) is 3.18.